The average molecular weight is 235 g/mol. The van der Waals surface area contributed by atoms with Gasteiger partial charge in [0.05, 0.1) is 12.5 Å². The summed E-state index contributed by atoms with van der Waals surface area (Å²) >= 11 is 10.6. The van der Waals surface area contributed by atoms with E-state index in [0.717, 1.165) is 0 Å². The fourth-order valence-corrected chi connectivity index (χ4v) is 0.811. The normalized spacial score (nSPS) is 20.8. The standard InChI is InChI=1S/C6H12Cl2O5/c7-1-3(10)6(12)13-5(8)4(11)2-9/h3-6,9-12H,1-2H2. The van der Waals surface area contributed by atoms with Crippen LogP contribution in [0.3, 0.4) is 0 Å². The Morgan fingerprint density at radius 3 is 2.08 bits per heavy atom. The Balaban J connectivity index is 3.83. The van der Waals surface area contributed by atoms with Crippen LogP contribution in [-0.2, 0) is 4.74 Å². The van der Waals surface area contributed by atoms with E-state index in [1.54, 1.807) is 0 Å². The van der Waals surface area contributed by atoms with Gasteiger partial charge in [-0.3, -0.25) is 0 Å². The van der Waals surface area contributed by atoms with Gasteiger partial charge < -0.3 is 25.2 Å². The highest BCUT2D eigenvalue weighted by molar-refractivity contribution is 6.20. The number of alkyl halides is 2. The van der Waals surface area contributed by atoms with Crippen LogP contribution in [0.15, 0.2) is 0 Å². The van der Waals surface area contributed by atoms with E-state index in [2.05, 4.69) is 4.74 Å². The smallest absolute Gasteiger partial charge is 0.184 e. The molecule has 0 bridgehead atoms. The largest absolute Gasteiger partial charge is 0.394 e. The van der Waals surface area contributed by atoms with E-state index in [9.17, 15) is 0 Å². The average Bonchev–Trinajstić information content (AvgIpc) is 2.14. The van der Waals surface area contributed by atoms with Crippen molar-refractivity contribution >= 4 is 23.2 Å². The second-order valence-corrected chi connectivity index (χ2v) is 3.09. The third-order valence-electron chi connectivity index (χ3n) is 1.25. The van der Waals surface area contributed by atoms with Gasteiger partial charge in [-0.1, -0.05) is 11.6 Å². The lowest BCUT2D eigenvalue weighted by Crippen LogP contribution is -2.37. The molecule has 0 aromatic carbocycles. The zero-order valence-corrected chi connectivity index (χ0v) is 8.19. The summed E-state index contributed by atoms with van der Waals surface area (Å²) in [6.45, 7) is -0.599. The molecule has 0 aliphatic rings. The van der Waals surface area contributed by atoms with E-state index in [4.69, 9.17) is 43.6 Å². The molecule has 4 atom stereocenters. The van der Waals surface area contributed by atoms with Gasteiger partial charge in [0.25, 0.3) is 0 Å². The molecule has 0 aliphatic heterocycles. The summed E-state index contributed by atoms with van der Waals surface area (Å²) in [4.78, 5) is 0. The third-order valence-corrected chi connectivity index (χ3v) is 1.96. The van der Waals surface area contributed by atoms with Crippen molar-refractivity contribution in [3.8, 4) is 0 Å². The minimum atomic E-state index is -1.58. The van der Waals surface area contributed by atoms with E-state index >= 15 is 0 Å². The highest BCUT2D eigenvalue weighted by Crippen LogP contribution is 2.09. The minimum Gasteiger partial charge on any atom is -0.394 e. The molecule has 80 valence electrons. The number of halogens is 2. The summed E-state index contributed by atoms with van der Waals surface area (Å²) in [7, 11) is 0. The SMILES string of the molecule is OCC(O)C(Cl)OC(O)C(O)CCl. The molecule has 0 fully saturated rings. The van der Waals surface area contributed by atoms with Gasteiger partial charge in [-0.2, -0.15) is 0 Å². The molecule has 13 heavy (non-hydrogen) atoms. The van der Waals surface area contributed by atoms with Crippen LogP contribution in [0.5, 0.6) is 0 Å². The second-order valence-electron chi connectivity index (χ2n) is 2.35. The summed E-state index contributed by atoms with van der Waals surface area (Å²) in [5.41, 5.74) is -1.29. The van der Waals surface area contributed by atoms with Crippen LogP contribution in [0.1, 0.15) is 0 Å². The van der Waals surface area contributed by atoms with Crippen molar-refractivity contribution in [2.75, 3.05) is 12.5 Å². The number of aliphatic hydroxyl groups excluding tert-OH is 4. The molecule has 0 aromatic heterocycles. The van der Waals surface area contributed by atoms with Crippen molar-refractivity contribution < 1.29 is 25.2 Å². The van der Waals surface area contributed by atoms with Gasteiger partial charge in [-0.15, -0.1) is 11.6 Å². The first kappa shape index (κ1) is 13.4. The van der Waals surface area contributed by atoms with E-state index in [0.29, 0.717) is 0 Å². The third kappa shape index (κ3) is 4.97. The Morgan fingerprint density at radius 2 is 1.69 bits per heavy atom. The van der Waals surface area contributed by atoms with Crippen molar-refractivity contribution in [1.82, 2.24) is 0 Å². The predicted molar refractivity (Wildman–Crippen MR) is 46.6 cm³/mol. The maximum Gasteiger partial charge on any atom is 0.184 e. The molecule has 4 unspecified atom stereocenters. The van der Waals surface area contributed by atoms with Gasteiger partial charge in [0, 0.05) is 0 Å². The summed E-state index contributed by atoms with van der Waals surface area (Å²) in [5.74, 6) is -0.222. The van der Waals surface area contributed by atoms with Crippen molar-refractivity contribution in [1.29, 1.82) is 0 Å². The fraction of sp³-hybridized carbons (Fsp3) is 1.00. The molecule has 5 nitrogen and oxygen atoms in total. The lowest BCUT2D eigenvalue weighted by molar-refractivity contribution is -0.183. The molecule has 0 saturated carbocycles. The van der Waals surface area contributed by atoms with Crippen LogP contribution in [-0.4, -0.2) is 57.0 Å². The predicted octanol–water partition coefficient (Wildman–Crippen LogP) is -1.16. The topological polar surface area (TPSA) is 90.2 Å². The van der Waals surface area contributed by atoms with Crippen molar-refractivity contribution in [3.63, 3.8) is 0 Å². The van der Waals surface area contributed by atoms with E-state index in [-0.39, 0.29) is 5.88 Å². The van der Waals surface area contributed by atoms with Gasteiger partial charge in [0.15, 0.2) is 11.9 Å². The van der Waals surface area contributed by atoms with Crippen LogP contribution in [0, 0.1) is 0 Å². The Kier molecular flexibility index (Phi) is 6.98. The Morgan fingerprint density at radius 1 is 1.15 bits per heavy atom. The molecule has 0 aliphatic carbocycles. The molecule has 0 rings (SSSR count). The second kappa shape index (κ2) is 6.78. The molecule has 0 heterocycles. The Hall–Kier alpha value is 0.380. The summed E-state index contributed by atoms with van der Waals surface area (Å²) in [5, 5.41) is 35.2. The molecule has 0 spiro atoms. The minimum absolute atomic E-state index is 0.222. The lowest BCUT2D eigenvalue weighted by Gasteiger charge is -2.21. The van der Waals surface area contributed by atoms with E-state index < -0.39 is 30.7 Å². The zero-order chi connectivity index (χ0) is 10.4. The maximum atomic E-state index is 9.00. The number of rotatable bonds is 6. The van der Waals surface area contributed by atoms with Crippen LogP contribution >= 0.6 is 23.2 Å². The molecule has 7 heteroatoms. The number of ether oxygens (including phenoxy) is 1. The highest BCUT2D eigenvalue weighted by atomic mass is 35.5. The maximum absolute atomic E-state index is 9.00. The van der Waals surface area contributed by atoms with E-state index in [1.165, 1.54) is 0 Å². The molecule has 0 aromatic rings. The van der Waals surface area contributed by atoms with Crippen molar-refractivity contribution in [2.45, 2.75) is 24.1 Å². The van der Waals surface area contributed by atoms with Crippen LogP contribution in [0.4, 0.5) is 0 Å². The van der Waals surface area contributed by atoms with Crippen LogP contribution in [0.2, 0.25) is 0 Å². The number of hydrogen-bond donors (Lipinski definition) is 4. The van der Waals surface area contributed by atoms with Gasteiger partial charge in [0.2, 0.25) is 0 Å². The first-order valence-corrected chi connectivity index (χ1v) is 4.50. The quantitative estimate of drug-likeness (QED) is 0.344. The Bertz CT molecular complexity index is 122. The molecule has 0 saturated heterocycles. The molecule has 4 N–H and O–H groups in total. The monoisotopic (exact) mass is 234 g/mol. The highest BCUT2D eigenvalue weighted by Gasteiger charge is 2.23. The number of hydrogen-bond acceptors (Lipinski definition) is 5. The molecular weight excluding hydrogens is 223 g/mol. The summed E-state index contributed by atoms with van der Waals surface area (Å²) in [6, 6.07) is 0. The summed E-state index contributed by atoms with van der Waals surface area (Å²) < 4.78 is 4.53. The number of aliphatic hydroxyl groups is 4. The van der Waals surface area contributed by atoms with Crippen molar-refractivity contribution in [2.24, 2.45) is 0 Å². The lowest BCUT2D eigenvalue weighted by atomic mass is 10.4. The van der Waals surface area contributed by atoms with Crippen molar-refractivity contribution in [3.05, 3.63) is 0 Å². The van der Waals surface area contributed by atoms with Gasteiger partial charge in [0.1, 0.15) is 12.2 Å². The first-order valence-electron chi connectivity index (χ1n) is 3.53. The van der Waals surface area contributed by atoms with Gasteiger partial charge in [-0.25, -0.2) is 0 Å². The zero-order valence-electron chi connectivity index (χ0n) is 6.68. The molecule has 0 amide bonds. The Labute approximate surface area is 85.5 Å². The summed E-state index contributed by atoms with van der Waals surface area (Å²) in [6.07, 6.45) is -4.19. The first-order chi connectivity index (χ1) is 6.02. The molecule has 0 radical (unpaired) electrons. The van der Waals surface area contributed by atoms with Crippen LogP contribution in [0.25, 0.3) is 0 Å². The van der Waals surface area contributed by atoms with Crippen LogP contribution < -0.4 is 0 Å². The van der Waals surface area contributed by atoms with E-state index in [1.807, 2.05) is 0 Å². The van der Waals surface area contributed by atoms with Gasteiger partial charge in [-0.05, 0) is 0 Å². The fourth-order valence-electron chi connectivity index (χ4n) is 0.474. The molecular formula is C6H12Cl2O5. The van der Waals surface area contributed by atoms with Gasteiger partial charge >= 0.3 is 0 Å².